The van der Waals surface area contributed by atoms with Crippen LogP contribution in [0.25, 0.3) is 0 Å². The maximum atomic E-state index is 13.0. The van der Waals surface area contributed by atoms with Crippen molar-refractivity contribution < 1.29 is 23.9 Å². The molecule has 2 fully saturated rings. The number of anilines is 1. The molecular weight excluding hydrogens is 382 g/mol. The van der Waals surface area contributed by atoms with Gasteiger partial charge in [-0.05, 0) is 42.5 Å². The highest BCUT2D eigenvalue weighted by molar-refractivity contribution is 6.22. The molecule has 4 atom stereocenters. The molecule has 1 saturated carbocycles. The Morgan fingerprint density at radius 2 is 1.63 bits per heavy atom. The zero-order valence-electron chi connectivity index (χ0n) is 16.5. The summed E-state index contributed by atoms with van der Waals surface area (Å²) in [4.78, 5) is 39.7. The first-order chi connectivity index (χ1) is 14.6. The largest absolute Gasteiger partial charge is 0.497 e. The minimum atomic E-state index is -0.244. The summed E-state index contributed by atoms with van der Waals surface area (Å²) in [5, 5.41) is 0. The van der Waals surface area contributed by atoms with Gasteiger partial charge in [-0.15, -0.1) is 0 Å². The Kier molecular flexibility index (Phi) is 4.42. The molecule has 5 rings (SSSR count). The molecule has 0 unspecified atom stereocenters. The fourth-order valence-electron chi connectivity index (χ4n) is 4.90. The molecule has 0 N–H and O–H groups in total. The molecule has 2 amide bonds. The van der Waals surface area contributed by atoms with Crippen LogP contribution in [0.3, 0.4) is 0 Å². The number of methoxy groups -OCH3 is 1. The number of Topliss-reactive ketones (excluding diaryl/α,β-unsaturated/α-hetero) is 1. The molecule has 0 spiro atoms. The van der Waals surface area contributed by atoms with Gasteiger partial charge in [-0.2, -0.15) is 0 Å². The summed E-state index contributed by atoms with van der Waals surface area (Å²) < 4.78 is 10.8. The van der Waals surface area contributed by atoms with Crippen LogP contribution in [-0.2, 0) is 9.59 Å². The molecule has 6 heteroatoms. The predicted octanol–water partition coefficient (Wildman–Crippen LogP) is 3.27. The van der Waals surface area contributed by atoms with E-state index in [-0.39, 0.29) is 47.9 Å². The summed E-state index contributed by atoms with van der Waals surface area (Å²) in [6, 6.07) is 13.7. The van der Waals surface area contributed by atoms with E-state index < -0.39 is 0 Å². The average Bonchev–Trinajstić information content (AvgIpc) is 3.46. The average molecular weight is 403 g/mol. The minimum Gasteiger partial charge on any atom is -0.497 e. The molecule has 6 nitrogen and oxygen atoms in total. The van der Waals surface area contributed by atoms with Gasteiger partial charge >= 0.3 is 0 Å². The topological polar surface area (TPSA) is 72.9 Å². The molecule has 152 valence electrons. The lowest BCUT2D eigenvalue weighted by molar-refractivity contribution is -0.123. The minimum absolute atomic E-state index is 0.133. The van der Waals surface area contributed by atoms with Gasteiger partial charge in [-0.1, -0.05) is 30.4 Å². The van der Waals surface area contributed by atoms with Gasteiger partial charge in [0.05, 0.1) is 24.6 Å². The number of ketones is 1. The second kappa shape index (κ2) is 7.13. The highest BCUT2D eigenvalue weighted by atomic mass is 16.5. The summed E-state index contributed by atoms with van der Waals surface area (Å²) in [7, 11) is 1.54. The lowest BCUT2D eigenvalue weighted by Crippen LogP contribution is -2.32. The predicted molar refractivity (Wildman–Crippen MR) is 109 cm³/mol. The van der Waals surface area contributed by atoms with Crippen molar-refractivity contribution in [2.24, 2.45) is 23.7 Å². The van der Waals surface area contributed by atoms with E-state index in [1.165, 1.54) is 4.90 Å². The molecule has 3 aliphatic rings. The van der Waals surface area contributed by atoms with E-state index in [4.69, 9.17) is 9.47 Å². The van der Waals surface area contributed by atoms with Crippen molar-refractivity contribution in [1.29, 1.82) is 0 Å². The van der Waals surface area contributed by atoms with Crippen LogP contribution >= 0.6 is 0 Å². The number of allylic oxidation sites excluding steroid dienone is 2. The van der Waals surface area contributed by atoms with Crippen LogP contribution in [0.1, 0.15) is 16.8 Å². The zero-order valence-corrected chi connectivity index (χ0v) is 16.5. The van der Waals surface area contributed by atoms with Crippen LogP contribution < -0.4 is 14.4 Å². The Balaban J connectivity index is 1.31. The number of carbonyl (C=O) groups is 3. The van der Waals surface area contributed by atoms with E-state index in [0.29, 0.717) is 22.7 Å². The lowest BCUT2D eigenvalue weighted by atomic mass is 9.85. The monoisotopic (exact) mass is 403 g/mol. The number of nitrogens with zero attached hydrogens (tertiary/aromatic N) is 1. The van der Waals surface area contributed by atoms with Gasteiger partial charge in [0.2, 0.25) is 11.8 Å². The Labute approximate surface area is 174 Å². The van der Waals surface area contributed by atoms with Gasteiger partial charge in [0.15, 0.2) is 12.4 Å². The number of ether oxygens (including phenoxy) is 2. The smallest absolute Gasteiger partial charge is 0.238 e. The number of rotatable bonds is 6. The first kappa shape index (κ1) is 18.6. The number of hydrogen-bond donors (Lipinski definition) is 0. The van der Waals surface area contributed by atoms with Crippen molar-refractivity contribution in [3.05, 3.63) is 66.2 Å². The quantitative estimate of drug-likeness (QED) is 0.421. The molecule has 30 heavy (non-hydrogen) atoms. The number of hydrogen-bond acceptors (Lipinski definition) is 5. The Bertz CT molecular complexity index is 1040. The fraction of sp³-hybridized carbons (Fsp3) is 0.292. The normalized spacial score (nSPS) is 26.2. The molecule has 2 bridgehead atoms. The number of imide groups is 1. The van der Waals surface area contributed by atoms with Gasteiger partial charge < -0.3 is 9.47 Å². The number of carbonyl (C=O) groups excluding carboxylic acids is 3. The van der Waals surface area contributed by atoms with E-state index in [1.54, 1.807) is 55.6 Å². The number of benzene rings is 2. The molecule has 0 aromatic heterocycles. The zero-order chi connectivity index (χ0) is 20.8. The van der Waals surface area contributed by atoms with Crippen molar-refractivity contribution in [2.45, 2.75) is 6.42 Å². The van der Waals surface area contributed by atoms with Gasteiger partial charge in [0, 0.05) is 11.6 Å². The maximum Gasteiger partial charge on any atom is 0.238 e. The number of amides is 2. The number of fused-ring (bicyclic) bond motifs is 5. The summed E-state index contributed by atoms with van der Waals surface area (Å²) in [5.74, 6) is 0.425. The summed E-state index contributed by atoms with van der Waals surface area (Å²) in [5.41, 5.74) is 0.983. The summed E-state index contributed by atoms with van der Waals surface area (Å²) in [6.45, 7) is -0.155. The lowest BCUT2D eigenvalue weighted by Gasteiger charge is -2.18. The van der Waals surface area contributed by atoms with Crippen LogP contribution in [0.4, 0.5) is 5.69 Å². The molecule has 1 heterocycles. The van der Waals surface area contributed by atoms with Crippen molar-refractivity contribution in [3.8, 4) is 11.5 Å². The first-order valence-corrected chi connectivity index (χ1v) is 10.0. The van der Waals surface area contributed by atoms with E-state index in [0.717, 1.165) is 6.42 Å². The summed E-state index contributed by atoms with van der Waals surface area (Å²) in [6.07, 6.45) is 5.05. The molecular formula is C24H21NO5. The Morgan fingerprint density at radius 1 is 0.967 bits per heavy atom. The van der Waals surface area contributed by atoms with Crippen molar-refractivity contribution >= 4 is 23.3 Å². The third-order valence-corrected chi connectivity index (χ3v) is 6.31. The van der Waals surface area contributed by atoms with Crippen LogP contribution in [0, 0.1) is 23.7 Å². The van der Waals surface area contributed by atoms with Crippen LogP contribution in [0.2, 0.25) is 0 Å². The van der Waals surface area contributed by atoms with Gasteiger partial charge in [-0.25, -0.2) is 4.90 Å². The van der Waals surface area contributed by atoms with E-state index in [9.17, 15) is 14.4 Å². The standard InChI is InChI=1S/C24H21NO5/c1-29-18-6-2-4-14(11-18)20(26)13-30-19-7-3-5-17(12-19)25-23(27)21-15-8-9-16(10-15)22(21)24(25)28/h2-9,11-12,15-16,21-22H,10,13H2,1H3/t15-,16-,21+,22+/m0/s1. The second-order valence-electron chi connectivity index (χ2n) is 7.95. The Morgan fingerprint density at radius 3 is 2.33 bits per heavy atom. The van der Waals surface area contributed by atoms with Crippen LogP contribution in [0.5, 0.6) is 11.5 Å². The van der Waals surface area contributed by atoms with Crippen molar-refractivity contribution in [1.82, 2.24) is 0 Å². The van der Waals surface area contributed by atoms with E-state index in [1.807, 2.05) is 0 Å². The van der Waals surface area contributed by atoms with Gasteiger partial charge in [-0.3, -0.25) is 14.4 Å². The third kappa shape index (κ3) is 2.91. The fourth-order valence-corrected chi connectivity index (χ4v) is 4.90. The Hall–Kier alpha value is -3.41. The van der Waals surface area contributed by atoms with Crippen LogP contribution in [0.15, 0.2) is 60.7 Å². The first-order valence-electron chi connectivity index (χ1n) is 10.0. The van der Waals surface area contributed by atoms with Crippen molar-refractivity contribution in [2.75, 3.05) is 18.6 Å². The molecule has 2 aromatic carbocycles. The highest BCUT2D eigenvalue weighted by Crippen LogP contribution is 2.53. The van der Waals surface area contributed by atoms with E-state index >= 15 is 0 Å². The van der Waals surface area contributed by atoms with Gasteiger partial charge in [0.1, 0.15) is 11.5 Å². The van der Waals surface area contributed by atoms with Gasteiger partial charge in [0.25, 0.3) is 0 Å². The molecule has 2 aromatic rings. The van der Waals surface area contributed by atoms with E-state index in [2.05, 4.69) is 12.2 Å². The van der Waals surface area contributed by atoms with Crippen molar-refractivity contribution in [3.63, 3.8) is 0 Å². The molecule has 2 aliphatic carbocycles. The SMILES string of the molecule is COc1cccc(C(=O)COc2cccc(N3C(=O)[C@H]4[C@H](C3=O)[C@H]3C=C[C@H]4C3)c2)c1. The highest BCUT2D eigenvalue weighted by Gasteiger charge is 2.59. The molecule has 1 aliphatic heterocycles. The maximum absolute atomic E-state index is 13.0. The summed E-state index contributed by atoms with van der Waals surface area (Å²) >= 11 is 0. The molecule has 1 saturated heterocycles. The second-order valence-corrected chi connectivity index (χ2v) is 7.95. The van der Waals surface area contributed by atoms with Crippen LogP contribution in [-0.4, -0.2) is 31.3 Å². The molecule has 0 radical (unpaired) electrons. The third-order valence-electron chi connectivity index (χ3n) is 6.31.